The Morgan fingerprint density at radius 2 is 2.05 bits per heavy atom. The molecule has 0 bridgehead atoms. The number of hydrogen-bond donors (Lipinski definition) is 3. The lowest BCUT2D eigenvalue weighted by atomic mass is 9.79. The zero-order valence-corrected chi connectivity index (χ0v) is 11.8. The molecule has 2 rings (SSSR count). The number of nitrogens with one attached hydrogen (secondary N) is 1. The first-order valence-corrected chi connectivity index (χ1v) is 6.75. The van der Waals surface area contributed by atoms with E-state index in [9.17, 15) is 9.18 Å². The van der Waals surface area contributed by atoms with E-state index in [0.29, 0.717) is 25.9 Å². The molecule has 114 valence electrons. The number of amides is 2. The molecule has 4 N–H and O–H groups in total. The molecular formula is C14H19FN4O2. The van der Waals surface area contributed by atoms with Crippen LogP contribution in [-0.4, -0.2) is 35.1 Å². The summed E-state index contributed by atoms with van der Waals surface area (Å²) in [5, 5.41) is 14.4. The van der Waals surface area contributed by atoms with E-state index in [-0.39, 0.29) is 17.6 Å². The summed E-state index contributed by atoms with van der Waals surface area (Å²) in [6, 6.07) is 5.68. The highest BCUT2D eigenvalue weighted by molar-refractivity contribution is 5.90. The number of carbonyl (C=O) groups is 1. The van der Waals surface area contributed by atoms with E-state index in [2.05, 4.69) is 10.5 Å². The molecule has 1 heterocycles. The third-order valence-corrected chi connectivity index (χ3v) is 4.00. The molecule has 0 radical (unpaired) electrons. The highest BCUT2D eigenvalue weighted by Gasteiger charge is 2.35. The van der Waals surface area contributed by atoms with Crippen LogP contribution in [0.1, 0.15) is 19.8 Å². The van der Waals surface area contributed by atoms with E-state index in [1.807, 2.05) is 6.92 Å². The summed E-state index contributed by atoms with van der Waals surface area (Å²) in [5.41, 5.74) is 5.42. The molecule has 2 amide bonds. The molecule has 1 aliphatic rings. The number of rotatable bonds is 2. The number of nitrogens with zero attached hydrogens (tertiary/aromatic N) is 2. The fourth-order valence-electron chi connectivity index (χ4n) is 2.34. The average molecular weight is 294 g/mol. The largest absolute Gasteiger partial charge is 0.409 e. The molecule has 1 saturated heterocycles. The second kappa shape index (κ2) is 5.99. The van der Waals surface area contributed by atoms with Gasteiger partial charge in [-0.05, 0) is 25.0 Å². The molecule has 0 aromatic heterocycles. The lowest BCUT2D eigenvalue weighted by Gasteiger charge is -2.38. The smallest absolute Gasteiger partial charge is 0.321 e. The SMILES string of the molecule is CC1(/C(N)=N/O)CCN(C(=O)Nc2ccccc2F)CC1. The van der Waals surface area contributed by atoms with Crippen molar-refractivity contribution in [2.45, 2.75) is 19.8 Å². The van der Waals surface area contributed by atoms with Crippen molar-refractivity contribution in [2.75, 3.05) is 18.4 Å². The molecular weight excluding hydrogens is 275 g/mol. The van der Waals surface area contributed by atoms with Crippen molar-refractivity contribution in [1.29, 1.82) is 0 Å². The zero-order valence-electron chi connectivity index (χ0n) is 11.8. The number of benzene rings is 1. The molecule has 0 spiro atoms. The van der Waals surface area contributed by atoms with Gasteiger partial charge in [0.2, 0.25) is 0 Å². The van der Waals surface area contributed by atoms with Crippen LogP contribution in [0.25, 0.3) is 0 Å². The van der Waals surface area contributed by atoms with Gasteiger partial charge in [-0.2, -0.15) is 0 Å². The molecule has 0 atom stereocenters. The number of anilines is 1. The number of halogens is 1. The Balaban J connectivity index is 1.97. The number of para-hydroxylation sites is 1. The predicted molar refractivity (Wildman–Crippen MR) is 77.7 cm³/mol. The number of amidine groups is 1. The van der Waals surface area contributed by atoms with Crippen molar-refractivity contribution < 1.29 is 14.4 Å². The lowest BCUT2D eigenvalue weighted by Crippen LogP contribution is -2.48. The van der Waals surface area contributed by atoms with Gasteiger partial charge in [-0.1, -0.05) is 24.2 Å². The van der Waals surface area contributed by atoms with E-state index < -0.39 is 11.2 Å². The van der Waals surface area contributed by atoms with Gasteiger partial charge < -0.3 is 21.2 Å². The summed E-state index contributed by atoms with van der Waals surface area (Å²) in [6.07, 6.45) is 1.18. The third-order valence-electron chi connectivity index (χ3n) is 4.00. The first kappa shape index (κ1) is 15.1. The number of urea groups is 1. The standard InChI is InChI=1S/C14H19FN4O2/c1-14(12(16)18-21)6-8-19(9-7-14)13(20)17-11-5-3-2-4-10(11)15/h2-5,21H,6-9H2,1H3,(H2,16,18)(H,17,20). The average Bonchev–Trinajstić information content (AvgIpc) is 2.49. The second-order valence-corrected chi connectivity index (χ2v) is 5.44. The number of nitrogens with two attached hydrogens (primary N) is 1. The molecule has 7 heteroatoms. The number of oxime groups is 1. The molecule has 0 unspecified atom stereocenters. The Kier molecular flexibility index (Phi) is 4.30. The van der Waals surface area contributed by atoms with Gasteiger partial charge in [-0.3, -0.25) is 0 Å². The summed E-state index contributed by atoms with van der Waals surface area (Å²) in [7, 11) is 0. The summed E-state index contributed by atoms with van der Waals surface area (Å²) in [6.45, 7) is 2.83. The summed E-state index contributed by atoms with van der Waals surface area (Å²) in [5.74, 6) is -0.291. The first-order chi connectivity index (χ1) is 9.96. The first-order valence-electron chi connectivity index (χ1n) is 6.75. The maximum Gasteiger partial charge on any atom is 0.321 e. The zero-order chi connectivity index (χ0) is 15.5. The monoisotopic (exact) mass is 294 g/mol. The minimum Gasteiger partial charge on any atom is -0.409 e. The summed E-state index contributed by atoms with van der Waals surface area (Å²) < 4.78 is 13.5. The second-order valence-electron chi connectivity index (χ2n) is 5.44. The third kappa shape index (κ3) is 3.24. The minimum atomic E-state index is -0.468. The van der Waals surface area contributed by atoms with Crippen molar-refractivity contribution in [2.24, 2.45) is 16.3 Å². The molecule has 1 aliphatic heterocycles. The summed E-state index contributed by atoms with van der Waals surface area (Å²) in [4.78, 5) is 13.7. The van der Waals surface area contributed by atoms with Gasteiger partial charge in [-0.25, -0.2) is 9.18 Å². The number of likely N-dealkylation sites (tertiary alicyclic amines) is 1. The Morgan fingerprint density at radius 3 is 2.62 bits per heavy atom. The highest BCUT2D eigenvalue weighted by atomic mass is 19.1. The van der Waals surface area contributed by atoms with Crippen LogP contribution in [0.5, 0.6) is 0 Å². The van der Waals surface area contributed by atoms with E-state index >= 15 is 0 Å². The topological polar surface area (TPSA) is 91.0 Å². The Labute approximate surface area is 122 Å². The lowest BCUT2D eigenvalue weighted by molar-refractivity contribution is 0.168. The fourth-order valence-corrected chi connectivity index (χ4v) is 2.34. The number of carbonyl (C=O) groups excluding carboxylic acids is 1. The van der Waals surface area contributed by atoms with E-state index in [0.717, 1.165) is 0 Å². The van der Waals surface area contributed by atoms with Crippen molar-refractivity contribution >= 4 is 17.6 Å². The van der Waals surface area contributed by atoms with E-state index in [1.54, 1.807) is 17.0 Å². The van der Waals surface area contributed by atoms with Gasteiger partial charge >= 0.3 is 6.03 Å². The fraction of sp³-hybridized carbons (Fsp3) is 0.429. The van der Waals surface area contributed by atoms with Crippen LogP contribution in [0.4, 0.5) is 14.9 Å². The van der Waals surface area contributed by atoms with Gasteiger partial charge in [0, 0.05) is 18.5 Å². The van der Waals surface area contributed by atoms with Crippen molar-refractivity contribution in [3.05, 3.63) is 30.1 Å². The Morgan fingerprint density at radius 1 is 1.43 bits per heavy atom. The number of piperidine rings is 1. The Bertz CT molecular complexity index is 554. The van der Waals surface area contributed by atoms with Crippen molar-refractivity contribution in [3.63, 3.8) is 0 Å². The van der Waals surface area contributed by atoms with Crippen LogP contribution < -0.4 is 11.1 Å². The highest BCUT2D eigenvalue weighted by Crippen LogP contribution is 2.31. The van der Waals surface area contributed by atoms with Gasteiger partial charge in [0.05, 0.1) is 5.69 Å². The van der Waals surface area contributed by atoms with Crippen LogP contribution in [-0.2, 0) is 0 Å². The van der Waals surface area contributed by atoms with Crippen LogP contribution in [0, 0.1) is 11.2 Å². The normalized spacial score (nSPS) is 18.4. The maximum absolute atomic E-state index is 13.5. The van der Waals surface area contributed by atoms with Gasteiger partial charge in [0.25, 0.3) is 0 Å². The van der Waals surface area contributed by atoms with Crippen molar-refractivity contribution in [3.8, 4) is 0 Å². The quantitative estimate of drug-likeness (QED) is 0.338. The molecule has 0 saturated carbocycles. The van der Waals surface area contributed by atoms with Crippen LogP contribution in [0.2, 0.25) is 0 Å². The van der Waals surface area contributed by atoms with Crippen molar-refractivity contribution in [1.82, 2.24) is 4.90 Å². The molecule has 0 aliphatic carbocycles. The van der Waals surface area contributed by atoms with E-state index in [4.69, 9.17) is 10.9 Å². The van der Waals surface area contributed by atoms with Gasteiger partial charge in [0.1, 0.15) is 11.7 Å². The van der Waals surface area contributed by atoms with Gasteiger partial charge in [-0.15, -0.1) is 0 Å². The number of hydrogen-bond acceptors (Lipinski definition) is 3. The van der Waals surface area contributed by atoms with Gasteiger partial charge in [0.15, 0.2) is 0 Å². The van der Waals surface area contributed by atoms with E-state index in [1.165, 1.54) is 12.1 Å². The van der Waals surface area contributed by atoms with Crippen LogP contribution in [0.15, 0.2) is 29.4 Å². The maximum atomic E-state index is 13.5. The molecule has 1 fully saturated rings. The molecule has 21 heavy (non-hydrogen) atoms. The van der Waals surface area contributed by atoms with Crippen LogP contribution >= 0.6 is 0 Å². The minimum absolute atomic E-state index is 0.160. The Hall–Kier alpha value is -2.31. The molecule has 1 aromatic carbocycles. The van der Waals surface area contributed by atoms with Crippen LogP contribution in [0.3, 0.4) is 0 Å². The molecule has 6 nitrogen and oxygen atoms in total. The molecule has 1 aromatic rings. The predicted octanol–water partition coefficient (Wildman–Crippen LogP) is 2.21. The summed E-state index contributed by atoms with van der Waals surface area (Å²) >= 11 is 0.